The maximum Gasteiger partial charge on any atom is 0.0181 e. The largest absolute Gasteiger partial charge is 0.362 e. The summed E-state index contributed by atoms with van der Waals surface area (Å²) in [5.74, 6) is 0.714. The standard InChI is InChI=1S/C13H21N/c1-3-6-10(2)13-9-11-7-4-5-8-12(11)14-13/h9-10,14H,3-8H2,1-2H3. The van der Waals surface area contributed by atoms with Crippen molar-refractivity contribution in [1.29, 1.82) is 0 Å². The highest BCUT2D eigenvalue weighted by Crippen LogP contribution is 2.27. The average Bonchev–Trinajstić information content (AvgIpc) is 2.61. The molecule has 1 aliphatic carbocycles. The first-order valence-corrected chi connectivity index (χ1v) is 6.02. The number of aryl methyl sites for hydroxylation is 2. The average molecular weight is 191 g/mol. The third-order valence-electron chi connectivity index (χ3n) is 3.39. The van der Waals surface area contributed by atoms with E-state index in [1.807, 2.05) is 0 Å². The summed E-state index contributed by atoms with van der Waals surface area (Å²) in [5.41, 5.74) is 4.59. The number of H-pyrrole nitrogens is 1. The molecule has 0 aliphatic heterocycles. The van der Waals surface area contributed by atoms with E-state index in [4.69, 9.17) is 0 Å². The van der Waals surface area contributed by atoms with E-state index in [9.17, 15) is 0 Å². The number of aromatic amines is 1. The highest BCUT2D eigenvalue weighted by molar-refractivity contribution is 5.29. The maximum absolute atomic E-state index is 3.62. The van der Waals surface area contributed by atoms with E-state index < -0.39 is 0 Å². The second kappa shape index (κ2) is 4.20. The first-order chi connectivity index (χ1) is 6.81. The van der Waals surface area contributed by atoms with Gasteiger partial charge in [-0.25, -0.2) is 0 Å². The molecule has 0 spiro atoms. The summed E-state index contributed by atoms with van der Waals surface area (Å²) < 4.78 is 0. The summed E-state index contributed by atoms with van der Waals surface area (Å²) >= 11 is 0. The summed E-state index contributed by atoms with van der Waals surface area (Å²) in [7, 11) is 0. The van der Waals surface area contributed by atoms with Crippen LogP contribution in [0, 0.1) is 0 Å². The van der Waals surface area contributed by atoms with Crippen molar-refractivity contribution in [3.8, 4) is 0 Å². The molecule has 0 bridgehead atoms. The van der Waals surface area contributed by atoms with Crippen molar-refractivity contribution in [3.63, 3.8) is 0 Å². The van der Waals surface area contributed by atoms with Crippen molar-refractivity contribution >= 4 is 0 Å². The van der Waals surface area contributed by atoms with Crippen molar-refractivity contribution in [2.45, 2.75) is 58.3 Å². The van der Waals surface area contributed by atoms with Crippen LogP contribution in [0.2, 0.25) is 0 Å². The van der Waals surface area contributed by atoms with E-state index in [0.29, 0.717) is 5.92 Å². The minimum absolute atomic E-state index is 0.714. The van der Waals surface area contributed by atoms with E-state index in [1.54, 1.807) is 5.56 Å². The van der Waals surface area contributed by atoms with Gasteiger partial charge in [-0.05, 0) is 49.7 Å². The summed E-state index contributed by atoms with van der Waals surface area (Å²) in [4.78, 5) is 3.62. The van der Waals surface area contributed by atoms with Gasteiger partial charge in [-0.15, -0.1) is 0 Å². The number of hydrogen-bond donors (Lipinski definition) is 1. The molecule has 1 aromatic rings. The van der Waals surface area contributed by atoms with Crippen LogP contribution in [0.4, 0.5) is 0 Å². The number of fused-ring (bicyclic) bond motifs is 1. The molecule has 1 aliphatic rings. The molecule has 2 rings (SSSR count). The van der Waals surface area contributed by atoms with Crippen LogP contribution in [0.3, 0.4) is 0 Å². The Morgan fingerprint density at radius 2 is 2.14 bits per heavy atom. The molecule has 1 atom stereocenters. The summed E-state index contributed by atoms with van der Waals surface area (Å²) in [6, 6.07) is 2.41. The molecule has 0 radical (unpaired) electrons. The van der Waals surface area contributed by atoms with Gasteiger partial charge >= 0.3 is 0 Å². The van der Waals surface area contributed by atoms with Crippen LogP contribution in [0.15, 0.2) is 6.07 Å². The third kappa shape index (κ3) is 1.87. The number of hydrogen-bond acceptors (Lipinski definition) is 0. The molecule has 0 aromatic carbocycles. The number of rotatable bonds is 3. The molecule has 1 heteroatoms. The molecule has 1 N–H and O–H groups in total. The van der Waals surface area contributed by atoms with Crippen LogP contribution >= 0.6 is 0 Å². The van der Waals surface area contributed by atoms with Gasteiger partial charge in [0.1, 0.15) is 0 Å². The molecule has 0 amide bonds. The molecule has 0 saturated carbocycles. The lowest BCUT2D eigenvalue weighted by molar-refractivity contribution is 0.644. The van der Waals surface area contributed by atoms with Crippen LogP contribution in [-0.2, 0) is 12.8 Å². The number of aromatic nitrogens is 1. The predicted octanol–water partition coefficient (Wildman–Crippen LogP) is 3.80. The van der Waals surface area contributed by atoms with Crippen LogP contribution in [-0.4, -0.2) is 4.98 Å². The lowest BCUT2D eigenvalue weighted by Crippen LogP contribution is -1.99. The Hall–Kier alpha value is -0.720. The predicted molar refractivity (Wildman–Crippen MR) is 60.8 cm³/mol. The van der Waals surface area contributed by atoms with Crippen LogP contribution in [0.5, 0.6) is 0 Å². The topological polar surface area (TPSA) is 15.8 Å². The zero-order valence-electron chi connectivity index (χ0n) is 9.40. The Labute approximate surface area is 86.9 Å². The molecule has 14 heavy (non-hydrogen) atoms. The monoisotopic (exact) mass is 191 g/mol. The SMILES string of the molecule is CCCC(C)c1cc2c([nH]1)CCCC2. The molecule has 0 fully saturated rings. The molecular weight excluding hydrogens is 170 g/mol. The smallest absolute Gasteiger partial charge is 0.0181 e. The van der Waals surface area contributed by atoms with Crippen LogP contribution in [0.1, 0.15) is 62.4 Å². The fourth-order valence-corrected chi connectivity index (χ4v) is 2.48. The van der Waals surface area contributed by atoms with E-state index in [1.165, 1.54) is 49.9 Å². The van der Waals surface area contributed by atoms with E-state index >= 15 is 0 Å². The zero-order valence-corrected chi connectivity index (χ0v) is 9.40. The zero-order chi connectivity index (χ0) is 9.97. The molecule has 1 unspecified atom stereocenters. The van der Waals surface area contributed by atoms with Gasteiger partial charge in [0.2, 0.25) is 0 Å². The minimum Gasteiger partial charge on any atom is -0.362 e. The van der Waals surface area contributed by atoms with Gasteiger partial charge in [-0.1, -0.05) is 20.3 Å². The van der Waals surface area contributed by atoms with Gasteiger partial charge < -0.3 is 4.98 Å². The van der Waals surface area contributed by atoms with Gasteiger partial charge in [0.25, 0.3) is 0 Å². The first kappa shape index (κ1) is 9.82. The van der Waals surface area contributed by atoms with Crippen molar-refractivity contribution in [2.24, 2.45) is 0 Å². The van der Waals surface area contributed by atoms with Gasteiger partial charge in [-0.2, -0.15) is 0 Å². The quantitative estimate of drug-likeness (QED) is 0.748. The second-order valence-corrected chi connectivity index (χ2v) is 4.63. The highest BCUT2D eigenvalue weighted by atomic mass is 14.7. The molecule has 78 valence electrons. The van der Waals surface area contributed by atoms with Gasteiger partial charge in [-0.3, -0.25) is 0 Å². The molecule has 1 aromatic heterocycles. The van der Waals surface area contributed by atoms with E-state index in [0.717, 1.165) is 0 Å². The van der Waals surface area contributed by atoms with Gasteiger partial charge in [0.05, 0.1) is 0 Å². The third-order valence-corrected chi connectivity index (χ3v) is 3.39. The lowest BCUT2D eigenvalue weighted by Gasteiger charge is -2.09. The normalized spacial score (nSPS) is 17.9. The fraction of sp³-hybridized carbons (Fsp3) is 0.692. The van der Waals surface area contributed by atoms with Crippen molar-refractivity contribution in [3.05, 3.63) is 23.0 Å². The maximum atomic E-state index is 3.62. The van der Waals surface area contributed by atoms with Crippen LogP contribution in [0.25, 0.3) is 0 Å². The Morgan fingerprint density at radius 3 is 2.86 bits per heavy atom. The van der Waals surface area contributed by atoms with Gasteiger partial charge in [0, 0.05) is 11.4 Å². The molecule has 1 heterocycles. The summed E-state index contributed by atoms with van der Waals surface area (Å²) in [5, 5.41) is 0. The molecule has 0 saturated heterocycles. The Balaban J connectivity index is 2.15. The van der Waals surface area contributed by atoms with Crippen molar-refractivity contribution in [2.75, 3.05) is 0 Å². The Kier molecular flexibility index (Phi) is 2.95. The molecular formula is C13H21N. The fourth-order valence-electron chi connectivity index (χ4n) is 2.48. The van der Waals surface area contributed by atoms with Gasteiger partial charge in [0.15, 0.2) is 0 Å². The Bertz CT molecular complexity index is 275. The first-order valence-electron chi connectivity index (χ1n) is 6.02. The van der Waals surface area contributed by atoms with Crippen molar-refractivity contribution in [1.82, 2.24) is 4.98 Å². The Morgan fingerprint density at radius 1 is 1.36 bits per heavy atom. The second-order valence-electron chi connectivity index (χ2n) is 4.63. The van der Waals surface area contributed by atoms with E-state index in [-0.39, 0.29) is 0 Å². The lowest BCUT2D eigenvalue weighted by atomic mass is 9.97. The number of nitrogens with one attached hydrogen (secondary N) is 1. The summed E-state index contributed by atoms with van der Waals surface area (Å²) in [6.07, 6.45) is 7.91. The molecule has 1 nitrogen and oxygen atoms in total. The summed E-state index contributed by atoms with van der Waals surface area (Å²) in [6.45, 7) is 4.60. The van der Waals surface area contributed by atoms with E-state index in [2.05, 4.69) is 24.9 Å². The van der Waals surface area contributed by atoms with Crippen LogP contribution < -0.4 is 0 Å². The minimum atomic E-state index is 0.714. The highest BCUT2D eigenvalue weighted by Gasteiger charge is 2.14. The van der Waals surface area contributed by atoms with Crippen molar-refractivity contribution < 1.29 is 0 Å².